The van der Waals surface area contributed by atoms with Crippen LogP contribution in [0.25, 0.3) is 11.4 Å². The first-order valence-corrected chi connectivity index (χ1v) is 9.10. The van der Waals surface area contributed by atoms with Gasteiger partial charge in [-0.15, -0.1) is 0 Å². The van der Waals surface area contributed by atoms with Crippen LogP contribution in [0.2, 0.25) is 0 Å². The fourth-order valence-electron chi connectivity index (χ4n) is 2.44. The van der Waals surface area contributed by atoms with Gasteiger partial charge in [0.15, 0.2) is 0 Å². The molecule has 3 rings (SSSR count). The molecule has 1 aromatic carbocycles. The molecule has 2 aromatic heterocycles. The predicted molar refractivity (Wildman–Crippen MR) is 102 cm³/mol. The topological polar surface area (TPSA) is 84.2 Å². The Morgan fingerprint density at radius 2 is 2.07 bits per heavy atom. The highest BCUT2D eigenvalue weighted by atomic mass is 79.9. The normalized spacial score (nSPS) is 11.7. The van der Waals surface area contributed by atoms with E-state index >= 15 is 0 Å². The molecular formula is C18H15BrF3N5O2. The summed E-state index contributed by atoms with van der Waals surface area (Å²) < 4.78 is 44.4. The van der Waals surface area contributed by atoms with E-state index in [1.807, 2.05) is 0 Å². The molecule has 0 saturated heterocycles. The average Bonchev–Trinajstić information content (AvgIpc) is 3.11. The van der Waals surface area contributed by atoms with Crippen LogP contribution in [-0.4, -0.2) is 39.5 Å². The summed E-state index contributed by atoms with van der Waals surface area (Å²) >= 11 is 3.26. The number of amides is 1. The number of anilines is 1. The molecule has 3 aromatic rings. The van der Waals surface area contributed by atoms with Crippen LogP contribution in [0.3, 0.4) is 0 Å². The summed E-state index contributed by atoms with van der Waals surface area (Å²) in [6, 6.07) is 8.07. The molecular weight excluding hydrogens is 455 g/mol. The number of likely N-dealkylation sites (N-methyl/N-ethyl adjacent to an activating group) is 1. The standard InChI is InChI=1S/C18H15BrF3N5O2/c1-27(9-15(28)24-14-6-5-13(19)8-23-14)10-16-25-17(26-29-16)11-3-2-4-12(7-11)18(20,21)22/h2-8H,9-10H2,1H3,(H,23,24,28). The quantitative estimate of drug-likeness (QED) is 0.587. The van der Waals surface area contributed by atoms with Gasteiger partial charge in [-0.3, -0.25) is 9.69 Å². The number of hydrogen-bond acceptors (Lipinski definition) is 6. The van der Waals surface area contributed by atoms with Gasteiger partial charge >= 0.3 is 6.18 Å². The zero-order valence-corrected chi connectivity index (χ0v) is 16.7. The van der Waals surface area contributed by atoms with Gasteiger partial charge in [0.2, 0.25) is 17.6 Å². The summed E-state index contributed by atoms with van der Waals surface area (Å²) in [5.74, 6) is 0.341. The smallest absolute Gasteiger partial charge is 0.338 e. The number of nitrogens with zero attached hydrogens (tertiary/aromatic N) is 4. The molecule has 2 heterocycles. The summed E-state index contributed by atoms with van der Waals surface area (Å²) in [6.07, 6.45) is -2.90. The van der Waals surface area contributed by atoms with Gasteiger partial charge in [0.25, 0.3) is 0 Å². The van der Waals surface area contributed by atoms with E-state index in [0.29, 0.717) is 5.82 Å². The Morgan fingerprint density at radius 1 is 1.28 bits per heavy atom. The monoisotopic (exact) mass is 469 g/mol. The fraction of sp³-hybridized carbons (Fsp3) is 0.222. The molecule has 152 valence electrons. The van der Waals surface area contributed by atoms with E-state index in [1.54, 1.807) is 30.3 Å². The highest BCUT2D eigenvalue weighted by Gasteiger charge is 2.30. The molecule has 0 bridgehead atoms. The molecule has 0 radical (unpaired) electrons. The maximum Gasteiger partial charge on any atom is 0.416 e. The van der Waals surface area contributed by atoms with Crippen LogP contribution in [0.5, 0.6) is 0 Å². The summed E-state index contributed by atoms with van der Waals surface area (Å²) in [7, 11) is 1.67. The van der Waals surface area contributed by atoms with Gasteiger partial charge in [-0.2, -0.15) is 18.2 Å². The van der Waals surface area contributed by atoms with Crippen molar-refractivity contribution in [1.82, 2.24) is 20.0 Å². The first-order chi connectivity index (χ1) is 13.7. The van der Waals surface area contributed by atoms with Crippen LogP contribution in [0.4, 0.5) is 19.0 Å². The van der Waals surface area contributed by atoms with Gasteiger partial charge in [-0.05, 0) is 47.2 Å². The minimum absolute atomic E-state index is 0.0268. The van der Waals surface area contributed by atoms with Gasteiger partial charge in [0.05, 0.1) is 18.7 Å². The van der Waals surface area contributed by atoms with Crippen LogP contribution in [0.1, 0.15) is 11.5 Å². The number of hydrogen-bond donors (Lipinski definition) is 1. The Bertz CT molecular complexity index is 992. The predicted octanol–water partition coefficient (Wildman–Crippen LogP) is 3.98. The van der Waals surface area contributed by atoms with Crippen LogP contribution in [-0.2, 0) is 17.5 Å². The Labute approximate surface area is 172 Å². The largest absolute Gasteiger partial charge is 0.416 e. The molecule has 29 heavy (non-hydrogen) atoms. The van der Waals surface area contributed by atoms with Crippen molar-refractivity contribution in [2.24, 2.45) is 0 Å². The molecule has 1 N–H and O–H groups in total. The van der Waals surface area contributed by atoms with Gasteiger partial charge in [-0.1, -0.05) is 17.3 Å². The number of carbonyl (C=O) groups excluding carboxylic acids is 1. The van der Waals surface area contributed by atoms with E-state index in [1.165, 1.54) is 12.1 Å². The molecule has 0 aliphatic heterocycles. The molecule has 0 unspecified atom stereocenters. The number of aromatic nitrogens is 3. The summed E-state index contributed by atoms with van der Waals surface area (Å²) in [4.78, 5) is 21.9. The molecule has 0 atom stereocenters. The fourth-order valence-corrected chi connectivity index (χ4v) is 2.67. The molecule has 0 spiro atoms. The van der Waals surface area contributed by atoms with Gasteiger partial charge < -0.3 is 9.84 Å². The molecule has 0 aliphatic rings. The van der Waals surface area contributed by atoms with Crippen LogP contribution >= 0.6 is 15.9 Å². The SMILES string of the molecule is CN(CC(=O)Nc1ccc(Br)cn1)Cc1nc(-c2cccc(C(F)(F)F)c2)no1. The van der Waals surface area contributed by atoms with Crippen LogP contribution in [0.15, 0.2) is 51.6 Å². The Kier molecular flexibility index (Phi) is 6.28. The highest BCUT2D eigenvalue weighted by molar-refractivity contribution is 9.10. The van der Waals surface area contributed by atoms with Crippen molar-refractivity contribution in [2.75, 3.05) is 18.9 Å². The van der Waals surface area contributed by atoms with Gasteiger partial charge in [-0.25, -0.2) is 4.98 Å². The second-order valence-electron chi connectivity index (χ2n) is 6.17. The van der Waals surface area contributed by atoms with Crippen molar-refractivity contribution in [3.63, 3.8) is 0 Å². The number of pyridine rings is 1. The zero-order valence-electron chi connectivity index (χ0n) is 15.1. The van der Waals surface area contributed by atoms with Crippen molar-refractivity contribution < 1.29 is 22.5 Å². The lowest BCUT2D eigenvalue weighted by molar-refractivity contribution is -0.137. The molecule has 0 aliphatic carbocycles. The summed E-state index contributed by atoms with van der Waals surface area (Å²) in [5.41, 5.74) is -0.603. The lowest BCUT2D eigenvalue weighted by atomic mass is 10.1. The van der Waals surface area contributed by atoms with Gasteiger partial charge in [0, 0.05) is 16.2 Å². The zero-order chi connectivity index (χ0) is 21.0. The summed E-state index contributed by atoms with van der Waals surface area (Å²) in [5, 5.41) is 6.37. The van der Waals surface area contributed by atoms with Gasteiger partial charge in [0.1, 0.15) is 5.82 Å². The van der Waals surface area contributed by atoms with E-state index in [4.69, 9.17) is 4.52 Å². The van der Waals surface area contributed by atoms with E-state index in [0.717, 1.165) is 16.6 Å². The third-order valence-electron chi connectivity index (χ3n) is 3.73. The molecule has 7 nitrogen and oxygen atoms in total. The third-order valence-corrected chi connectivity index (χ3v) is 4.20. The maximum atomic E-state index is 12.8. The average molecular weight is 470 g/mol. The van der Waals surface area contributed by atoms with Crippen LogP contribution in [0, 0.1) is 0 Å². The van der Waals surface area contributed by atoms with E-state index in [-0.39, 0.29) is 36.3 Å². The van der Waals surface area contributed by atoms with Crippen LogP contribution < -0.4 is 5.32 Å². The lowest BCUT2D eigenvalue weighted by Gasteiger charge is -2.13. The molecule has 0 saturated carbocycles. The molecule has 1 amide bonds. The number of alkyl halides is 3. The second kappa shape index (κ2) is 8.70. The van der Waals surface area contributed by atoms with Crippen molar-refractivity contribution in [3.8, 4) is 11.4 Å². The summed E-state index contributed by atoms with van der Waals surface area (Å²) in [6.45, 7) is 0.173. The Balaban J connectivity index is 1.59. The highest BCUT2D eigenvalue weighted by Crippen LogP contribution is 2.31. The number of benzene rings is 1. The van der Waals surface area contributed by atoms with Crippen molar-refractivity contribution in [1.29, 1.82) is 0 Å². The van der Waals surface area contributed by atoms with E-state index < -0.39 is 11.7 Å². The lowest BCUT2D eigenvalue weighted by Crippen LogP contribution is -2.30. The van der Waals surface area contributed by atoms with Crippen molar-refractivity contribution in [2.45, 2.75) is 12.7 Å². The van der Waals surface area contributed by atoms with E-state index in [9.17, 15) is 18.0 Å². The number of halogens is 4. The van der Waals surface area contributed by atoms with E-state index in [2.05, 4.69) is 36.4 Å². The number of nitrogens with one attached hydrogen (secondary N) is 1. The van der Waals surface area contributed by atoms with Crippen molar-refractivity contribution >= 4 is 27.7 Å². The second-order valence-corrected chi connectivity index (χ2v) is 7.09. The number of rotatable bonds is 6. The molecule has 0 fully saturated rings. The molecule has 11 heteroatoms. The Hall–Kier alpha value is -2.79. The minimum Gasteiger partial charge on any atom is -0.338 e. The first kappa shape index (κ1) is 20.9. The Morgan fingerprint density at radius 3 is 2.76 bits per heavy atom. The maximum absolute atomic E-state index is 12.8. The number of carbonyl (C=O) groups is 1. The third kappa shape index (κ3) is 5.84. The first-order valence-electron chi connectivity index (χ1n) is 8.31. The minimum atomic E-state index is -4.46. The van der Waals surface area contributed by atoms with Crippen molar-refractivity contribution in [3.05, 3.63) is 58.5 Å².